The van der Waals surface area contributed by atoms with Crippen LogP contribution in [0.25, 0.3) is 6.08 Å². The van der Waals surface area contributed by atoms with Crippen LogP contribution in [0.5, 0.6) is 11.5 Å². The summed E-state index contributed by atoms with van der Waals surface area (Å²) in [6, 6.07) is 24.1. The minimum Gasteiger partial charge on any atom is -0.423 e. The number of carbonyl (C=O) groups is 4. The lowest BCUT2D eigenvalue weighted by Crippen LogP contribution is -2.27. The van der Waals surface area contributed by atoms with Crippen LogP contribution in [0.1, 0.15) is 52.6 Å². The number of hydrogen-bond acceptors (Lipinski definition) is 7. The van der Waals surface area contributed by atoms with Crippen LogP contribution in [0, 0.1) is 5.41 Å². The lowest BCUT2D eigenvalue weighted by Gasteiger charge is -2.17. The first-order chi connectivity index (χ1) is 21.9. The Morgan fingerprint density at radius 2 is 1.41 bits per heavy atom. The molecule has 0 saturated heterocycles. The largest absolute Gasteiger partial charge is 0.423 e. The predicted octanol–water partition coefficient (Wildman–Crippen LogP) is 7.58. The number of anilines is 1. The van der Waals surface area contributed by atoms with Crippen LogP contribution in [-0.2, 0) is 9.59 Å². The van der Waals surface area contributed by atoms with E-state index in [1.54, 1.807) is 93.6 Å². The fourth-order valence-corrected chi connectivity index (χ4v) is 4.24. The van der Waals surface area contributed by atoms with E-state index in [-0.39, 0.29) is 28.0 Å². The number of para-hydroxylation sites is 2. The third-order valence-electron chi connectivity index (χ3n) is 6.26. The summed E-state index contributed by atoms with van der Waals surface area (Å²) in [5.74, 6) is -1.60. The third kappa shape index (κ3) is 9.37. The summed E-state index contributed by atoms with van der Waals surface area (Å²) in [5, 5.41) is 7.31. The number of rotatable bonds is 9. The van der Waals surface area contributed by atoms with Crippen LogP contribution >= 0.6 is 23.2 Å². The van der Waals surface area contributed by atoms with Gasteiger partial charge in [0, 0.05) is 38.9 Å². The van der Waals surface area contributed by atoms with E-state index in [1.165, 1.54) is 36.6 Å². The van der Waals surface area contributed by atoms with Gasteiger partial charge >= 0.3 is 11.9 Å². The number of ether oxygens (including phenoxy) is 2. The van der Waals surface area contributed by atoms with E-state index < -0.39 is 23.3 Å². The lowest BCUT2D eigenvalue weighted by molar-refractivity contribution is -0.129. The highest BCUT2D eigenvalue weighted by Gasteiger charge is 2.21. The molecule has 0 fully saturated rings. The molecule has 0 spiro atoms. The summed E-state index contributed by atoms with van der Waals surface area (Å²) in [6.45, 7) is 5.42. The van der Waals surface area contributed by atoms with Crippen molar-refractivity contribution in [1.82, 2.24) is 5.43 Å². The molecule has 0 atom stereocenters. The number of nitrogens with one attached hydrogen (secondary N) is 2. The Hall–Kier alpha value is -5.25. The second-order valence-corrected chi connectivity index (χ2v) is 11.7. The van der Waals surface area contributed by atoms with Gasteiger partial charge in [-0.25, -0.2) is 15.0 Å². The van der Waals surface area contributed by atoms with E-state index in [0.29, 0.717) is 27.4 Å². The number of hydrogen-bond donors (Lipinski definition) is 2. The minimum atomic E-state index is -0.703. The maximum atomic E-state index is 12.7. The number of carbonyl (C=O) groups excluding carboxylic acids is 4. The molecule has 46 heavy (non-hydrogen) atoms. The average Bonchev–Trinajstić information content (AvgIpc) is 3.01. The molecule has 0 aliphatic carbocycles. The third-order valence-corrected chi connectivity index (χ3v) is 6.80. The highest BCUT2D eigenvalue weighted by atomic mass is 35.5. The summed E-state index contributed by atoms with van der Waals surface area (Å²) >= 11 is 12.0. The van der Waals surface area contributed by atoms with Crippen molar-refractivity contribution < 1.29 is 28.7 Å². The standard InChI is InChI=1S/C35H29Cl2N3O6/c1-35(2,3)34(44)39-26-16-12-23(13-17-26)32(42)40-38-21-24-9-5-7-11-30(24)45-31(41)19-14-22-8-4-6-10-29(22)46-33(43)27-18-15-25(36)20-28(27)37/h4-21H,1-3H3,(H,39,44)(H,40,42)/b19-14+,38-21+. The van der Waals surface area contributed by atoms with Gasteiger partial charge in [0.2, 0.25) is 5.91 Å². The van der Waals surface area contributed by atoms with E-state index >= 15 is 0 Å². The van der Waals surface area contributed by atoms with Gasteiger partial charge < -0.3 is 14.8 Å². The van der Waals surface area contributed by atoms with Gasteiger partial charge in [-0.3, -0.25) is 9.59 Å². The molecule has 2 amide bonds. The molecule has 234 valence electrons. The van der Waals surface area contributed by atoms with E-state index in [0.717, 1.165) is 0 Å². The SMILES string of the molecule is CC(C)(C)C(=O)Nc1ccc(C(=O)N/N=C/c2ccccc2OC(=O)/C=C/c2ccccc2OC(=O)c2ccc(Cl)cc2Cl)cc1. The molecule has 2 N–H and O–H groups in total. The first kappa shape index (κ1) is 33.6. The Kier molecular flexibility index (Phi) is 11.1. The van der Waals surface area contributed by atoms with Gasteiger partial charge in [0.15, 0.2) is 0 Å². The lowest BCUT2D eigenvalue weighted by atomic mass is 9.95. The Balaban J connectivity index is 1.37. The van der Waals surface area contributed by atoms with E-state index in [4.69, 9.17) is 32.7 Å². The maximum Gasteiger partial charge on any atom is 0.345 e. The number of nitrogens with zero attached hydrogens (tertiary/aromatic N) is 1. The summed E-state index contributed by atoms with van der Waals surface area (Å²) < 4.78 is 11.0. The van der Waals surface area contributed by atoms with Gasteiger partial charge in [0.05, 0.1) is 16.8 Å². The first-order valence-electron chi connectivity index (χ1n) is 13.9. The number of halogens is 2. The normalized spacial score (nSPS) is 11.3. The fourth-order valence-electron chi connectivity index (χ4n) is 3.75. The van der Waals surface area contributed by atoms with Crippen molar-refractivity contribution in [2.45, 2.75) is 20.8 Å². The zero-order valence-corrected chi connectivity index (χ0v) is 26.6. The second kappa shape index (κ2) is 15.2. The van der Waals surface area contributed by atoms with Crippen molar-refractivity contribution in [3.63, 3.8) is 0 Å². The maximum absolute atomic E-state index is 12.7. The van der Waals surface area contributed by atoms with Crippen molar-refractivity contribution >= 4 is 64.9 Å². The molecule has 0 radical (unpaired) electrons. The van der Waals surface area contributed by atoms with Crippen LogP contribution in [0.3, 0.4) is 0 Å². The molecule has 11 heteroatoms. The molecule has 4 aromatic rings. The van der Waals surface area contributed by atoms with Crippen molar-refractivity contribution in [3.8, 4) is 11.5 Å². The van der Waals surface area contributed by atoms with Crippen molar-refractivity contribution in [2.24, 2.45) is 10.5 Å². The van der Waals surface area contributed by atoms with E-state index in [1.807, 2.05) is 0 Å². The van der Waals surface area contributed by atoms with Gasteiger partial charge in [-0.05, 0) is 66.7 Å². The quantitative estimate of drug-likeness (QED) is 0.0629. The topological polar surface area (TPSA) is 123 Å². The average molecular weight is 659 g/mol. The Labute approximate surface area is 275 Å². The molecule has 0 unspecified atom stereocenters. The molecular formula is C35H29Cl2N3O6. The Morgan fingerprint density at radius 3 is 2.07 bits per heavy atom. The first-order valence-corrected chi connectivity index (χ1v) is 14.7. The fraction of sp³-hybridized carbons (Fsp3) is 0.114. The van der Waals surface area contributed by atoms with Crippen molar-refractivity contribution in [3.05, 3.63) is 129 Å². The van der Waals surface area contributed by atoms with Gasteiger partial charge in [-0.2, -0.15) is 5.10 Å². The summed E-state index contributed by atoms with van der Waals surface area (Å²) in [4.78, 5) is 50.1. The van der Waals surface area contributed by atoms with Crippen LogP contribution in [0.4, 0.5) is 5.69 Å². The summed E-state index contributed by atoms with van der Waals surface area (Å²) in [6.07, 6.45) is 3.98. The van der Waals surface area contributed by atoms with Gasteiger partial charge in [-0.1, -0.05) is 74.3 Å². The number of amides is 2. The van der Waals surface area contributed by atoms with Gasteiger partial charge in [-0.15, -0.1) is 0 Å². The van der Waals surface area contributed by atoms with Gasteiger partial charge in [0.1, 0.15) is 11.5 Å². The zero-order chi connectivity index (χ0) is 33.3. The highest BCUT2D eigenvalue weighted by molar-refractivity contribution is 6.36. The molecule has 0 saturated carbocycles. The molecular weight excluding hydrogens is 629 g/mol. The number of hydrazone groups is 1. The molecule has 9 nitrogen and oxygen atoms in total. The predicted molar refractivity (Wildman–Crippen MR) is 179 cm³/mol. The molecule has 0 aliphatic rings. The molecule has 0 bridgehead atoms. The van der Waals surface area contributed by atoms with Gasteiger partial charge in [0.25, 0.3) is 5.91 Å². The van der Waals surface area contributed by atoms with E-state index in [2.05, 4.69) is 15.8 Å². The Bertz CT molecular complexity index is 1830. The van der Waals surface area contributed by atoms with Crippen LogP contribution < -0.4 is 20.2 Å². The molecule has 4 rings (SSSR count). The zero-order valence-electron chi connectivity index (χ0n) is 25.0. The molecule has 0 heterocycles. The Morgan fingerprint density at radius 1 is 0.783 bits per heavy atom. The van der Waals surface area contributed by atoms with Crippen molar-refractivity contribution in [1.29, 1.82) is 0 Å². The van der Waals surface area contributed by atoms with E-state index in [9.17, 15) is 19.2 Å². The van der Waals surface area contributed by atoms with Crippen molar-refractivity contribution in [2.75, 3.05) is 5.32 Å². The summed E-state index contributed by atoms with van der Waals surface area (Å²) in [5.41, 5.74) is 3.79. The smallest absolute Gasteiger partial charge is 0.345 e. The number of benzene rings is 4. The summed E-state index contributed by atoms with van der Waals surface area (Å²) in [7, 11) is 0. The van der Waals surface area contributed by atoms with Crippen LogP contribution in [0.2, 0.25) is 10.0 Å². The monoisotopic (exact) mass is 657 g/mol. The molecule has 0 aromatic heterocycles. The minimum absolute atomic E-state index is 0.137. The highest BCUT2D eigenvalue weighted by Crippen LogP contribution is 2.25. The molecule has 4 aromatic carbocycles. The second-order valence-electron chi connectivity index (χ2n) is 10.8. The van der Waals surface area contributed by atoms with Crippen LogP contribution in [0.15, 0.2) is 102 Å². The molecule has 0 aliphatic heterocycles. The number of esters is 2. The van der Waals surface area contributed by atoms with Crippen LogP contribution in [-0.4, -0.2) is 30.0 Å².